The van der Waals surface area contributed by atoms with E-state index in [0.717, 1.165) is 59.5 Å². The molecule has 2 N–H and O–H groups in total. The molecular formula is C32H39N9O2. The fourth-order valence-electron chi connectivity index (χ4n) is 5.63. The number of nitrogens with zero attached hydrogens (tertiary/aromatic N) is 7. The number of rotatable bonds is 9. The zero-order valence-corrected chi connectivity index (χ0v) is 25.4. The second kappa shape index (κ2) is 13.1. The third-order valence-electron chi connectivity index (χ3n) is 8.60. The largest absolute Gasteiger partial charge is 0.370 e. The van der Waals surface area contributed by atoms with Gasteiger partial charge in [0.05, 0.1) is 16.8 Å². The van der Waals surface area contributed by atoms with E-state index in [4.69, 9.17) is 0 Å². The van der Waals surface area contributed by atoms with Crippen molar-refractivity contribution in [3.05, 3.63) is 66.4 Å². The summed E-state index contributed by atoms with van der Waals surface area (Å²) < 4.78 is 0. The number of benzene rings is 1. The van der Waals surface area contributed by atoms with E-state index in [-0.39, 0.29) is 23.7 Å². The molecule has 1 unspecified atom stereocenters. The van der Waals surface area contributed by atoms with Crippen molar-refractivity contribution in [1.82, 2.24) is 35.1 Å². The van der Waals surface area contributed by atoms with Crippen molar-refractivity contribution in [2.45, 2.75) is 45.6 Å². The van der Waals surface area contributed by atoms with Gasteiger partial charge in [-0.15, -0.1) is 0 Å². The first-order valence-corrected chi connectivity index (χ1v) is 14.7. The molecule has 43 heavy (non-hydrogen) atoms. The van der Waals surface area contributed by atoms with Crippen LogP contribution in [0.4, 0.5) is 11.8 Å². The van der Waals surface area contributed by atoms with E-state index in [1.807, 2.05) is 30.1 Å². The molecule has 1 aromatic carbocycles. The lowest BCUT2D eigenvalue weighted by atomic mass is 9.87. The first kappa shape index (κ1) is 29.8. The van der Waals surface area contributed by atoms with Gasteiger partial charge in [-0.05, 0) is 36.3 Å². The second-order valence-corrected chi connectivity index (χ2v) is 11.2. The number of pyridine rings is 1. The van der Waals surface area contributed by atoms with Gasteiger partial charge in [0.25, 0.3) is 5.91 Å². The minimum atomic E-state index is -0.120. The van der Waals surface area contributed by atoms with Crippen LogP contribution in [0.15, 0.2) is 55.2 Å². The Morgan fingerprint density at radius 1 is 1.05 bits per heavy atom. The molecule has 0 spiro atoms. The topological polar surface area (TPSA) is 129 Å². The van der Waals surface area contributed by atoms with E-state index in [9.17, 15) is 9.59 Å². The molecule has 5 rings (SSSR count). The van der Waals surface area contributed by atoms with E-state index in [1.54, 1.807) is 45.0 Å². The van der Waals surface area contributed by atoms with Crippen LogP contribution in [0.3, 0.4) is 0 Å². The van der Waals surface area contributed by atoms with Crippen LogP contribution in [-0.2, 0) is 4.79 Å². The highest BCUT2D eigenvalue weighted by Crippen LogP contribution is 2.31. The Morgan fingerprint density at radius 3 is 2.49 bits per heavy atom. The van der Waals surface area contributed by atoms with Gasteiger partial charge < -0.3 is 20.4 Å². The summed E-state index contributed by atoms with van der Waals surface area (Å²) >= 11 is 0. The molecule has 1 fully saturated rings. The standard InChI is InChI=1S/C32H39N9O2/c1-20(21(2)25-7-6-8-26-27(31(43)33-4)9-12-34-30(25)26)16-35-29-15-28(38-19-39-29)23-17-36-32(37-18-23)40(5)24-10-13-41(14-11-24)22(3)42/h6-9,12,15,17-21,24H,10-11,13-14,16H2,1-5H3,(H,33,43)(H,35,38,39)/t20-,21?/m1/s1. The Labute approximate surface area is 252 Å². The molecule has 1 saturated heterocycles. The summed E-state index contributed by atoms with van der Waals surface area (Å²) in [6.45, 7) is 8.20. The van der Waals surface area contributed by atoms with Gasteiger partial charge in [0, 0.05) is 82.3 Å². The fraction of sp³-hybridized carbons (Fsp3) is 0.406. The maximum atomic E-state index is 12.4. The maximum Gasteiger partial charge on any atom is 0.251 e. The minimum absolute atomic E-state index is 0.120. The number of anilines is 2. The van der Waals surface area contributed by atoms with Crippen molar-refractivity contribution >= 4 is 34.5 Å². The van der Waals surface area contributed by atoms with E-state index >= 15 is 0 Å². The van der Waals surface area contributed by atoms with Crippen molar-refractivity contribution in [1.29, 1.82) is 0 Å². The van der Waals surface area contributed by atoms with Gasteiger partial charge in [0.1, 0.15) is 12.1 Å². The number of piperidine rings is 1. The van der Waals surface area contributed by atoms with Gasteiger partial charge >= 0.3 is 0 Å². The van der Waals surface area contributed by atoms with Crippen molar-refractivity contribution in [2.75, 3.05) is 43.9 Å². The third kappa shape index (κ3) is 6.55. The van der Waals surface area contributed by atoms with Gasteiger partial charge in [-0.2, -0.15) is 0 Å². The van der Waals surface area contributed by atoms with Crippen LogP contribution in [-0.4, -0.2) is 81.4 Å². The number of carbonyl (C=O) groups is 2. The molecule has 4 aromatic rings. The summed E-state index contributed by atoms with van der Waals surface area (Å²) in [6.07, 6.45) is 8.62. The summed E-state index contributed by atoms with van der Waals surface area (Å²) in [5.74, 6) is 1.81. The third-order valence-corrected chi connectivity index (χ3v) is 8.60. The van der Waals surface area contributed by atoms with Gasteiger partial charge in [-0.25, -0.2) is 19.9 Å². The maximum absolute atomic E-state index is 12.4. The number of nitrogens with one attached hydrogen (secondary N) is 2. The van der Waals surface area contributed by atoms with E-state index in [1.165, 1.54) is 0 Å². The monoisotopic (exact) mass is 581 g/mol. The van der Waals surface area contributed by atoms with Crippen molar-refractivity contribution in [3.8, 4) is 11.3 Å². The quantitative estimate of drug-likeness (QED) is 0.300. The number of amides is 2. The molecule has 1 aliphatic rings. The van der Waals surface area contributed by atoms with Crippen LogP contribution in [0, 0.1) is 5.92 Å². The molecule has 11 heteroatoms. The van der Waals surface area contributed by atoms with Crippen LogP contribution in [0.2, 0.25) is 0 Å². The predicted octanol–water partition coefficient (Wildman–Crippen LogP) is 4.14. The second-order valence-electron chi connectivity index (χ2n) is 11.2. The fourth-order valence-corrected chi connectivity index (χ4v) is 5.63. The average Bonchev–Trinajstić information content (AvgIpc) is 3.05. The SMILES string of the molecule is CNC(=O)c1ccnc2c(C(C)[C@H](C)CNc3cc(-c4cnc(N(C)C5CCN(C(C)=O)CC5)nc4)ncn3)cccc12. The van der Waals surface area contributed by atoms with E-state index in [0.29, 0.717) is 24.1 Å². The highest BCUT2D eigenvalue weighted by Gasteiger charge is 2.25. The molecule has 0 saturated carbocycles. The number of fused-ring (bicyclic) bond motifs is 1. The number of para-hydroxylation sites is 1. The Balaban J connectivity index is 1.23. The van der Waals surface area contributed by atoms with Crippen LogP contribution in [0.25, 0.3) is 22.2 Å². The highest BCUT2D eigenvalue weighted by molar-refractivity contribution is 6.06. The Hall–Kier alpha value is -4.67. The van der Waals surface area contributed by atoms with Crippen LogP contribution in [0.5, 0.6) is 0 Å². The lowest BCUT2D eigenvalue weighted by Crippen LogP contribution is -2.45. The van der Waals surface area contributed by atoms with Crippen LogP contribution >= 0.6 is 0 Å². The highest BCUT2D eigenvalue weighted by atomic mass is 16.2. The lowest BCUT2D eigenvalue weighted by molar-refractivity contribution is -0.129. The van der Waals surface area contributed by atoms with Gasteiger partial charge in [-0.1, -0.05) is 32.0 Å². The molecule has 11 nitrogen and oxygen atoms in total. The van der Waals surface area contributed by atoms with E-state index in [2.05, 4.69) is 60.4 Å². The summed E-state index contributed by atoms with van der Waals surface area (Å²) in [6, 6.07) is 9.98. The van der Waals surface area contributed by atoms with Crippen molar-refractivity contribution in [3.63, 3.8) is 0 Å². The summed E-state index contributed by atoms with van der Waals surface area (Å²) in [4.78, 5) is 50.8. The first-order chi connectivity index (χ1) is 20.8. The number of aromatic nitrogens is 5. The molecule has 0 aliphatic carbocycles. The zero-order valence-electron chi connectivity index (χ0n) is 25.4. The van der Waals surface area contributed by atoms with E-state index < -0.39 is 0 Å². The normalized spacial score (nSPS) is 15.1. The summed E-state index contributed by atoms with van der Waals surface area (Å²) in [7, 11) is 3.64. The lowest BCUT2D eigenvalue weighted by Gasteiger charge is -2.36. The summed E-state index contributed by atoms with van der Waals surface area (Å²) in [5.41, 5.74) is 4.13. The Morgan fingerprint density at radius 2 is 1.79 bits per heavy atom. The Kier molecular flexibility index (Phi) is 9.08. The molecule has 2 atom stereocenters. The minimum Gasteiger partial charge on any atom is -0.370 e. The van der Waals surface area contributed by atoms with Gasteiger partial charge in [-0.3, -0.25) is 14.6 Å². The molecule has 2 amide bonds. The van der Waals surface area contributed by atoms with Crippen molar-refractivity contribution < 1.29 is 9.59 Å². The molecule has 224 valence electrons. The number of hydrogen-bond donors (Lipinski definition) is 2. The average molecular weight is 582 g/mol. The molecular weight excluding hydrogens is 542 g/mol. The first-order valence-electron chi connectivity index (χ1n) is 14.7. The molecule has 0 bridgehead atoms. The number of carbonyl (C=O) groups excluding carboxylic acids is 2. The molecule has 1 aliphatic heterocycles. The molecule has 3 aromatic heterocycles. The van der Waals surface area contributed by atoms with Gasteiger partial charge in [0.15, 0.2) is 0 Å². The predicted molar refractivity (Wildman–Crippen MR) is 168 cm³/mol. The molecule has 0 radical (unpaired) electrons. The summed E-state index contributed by atoms with van der Waals surface area (Å²) in [5, 5.41) is 7.03. The number of likely N-dealkylation sites (tertiary alicyclic amines) is 1. The zero-order chi connectivity index (χ0) is 30.5. The number of hydrogen-bond acceptors (Lipinski definition) is 9. The Bertz CT molecular complexity index is 1590. The van der Waals surface area contributed by atoms with Crippen LogP contribution < -0.4 is 15.5 Å². The van der Waals surface area contributed by atoms with Crippen LogP contribution in [0.1, 0.15) is 55.5 Å². The van der Waals surface area contributed by atoms with Crippen molar-refractivity contribution in [2.24, 2.45) is 5.92 Å². The van der Waals surface area contributed by atoms with Gasteiger partial charge in [0.2, 0.25) is 11.9 Å². The smallest absolute Gasteiger partial charge is 0.251 e. The molecule has 4 heterocycles.